The zero-order chi connectivity index (χ0) is 12.0. The maximum absolute atomic E-state index is 12.0. The van der Waals surface area contributed by atoms with Gasteiger partial charge in [-0.3, -0.25) is 9.59 Å². The van der Waals surface area contributed by atoms with Gasteiger partial charge in [0.15, 0.2) is 0 Å². The Morgan fingerprint density at radius 2 is 2.00 bits per heavy atom. The molecule has 0 aliphatic carbocycles. The van der Waals surface area contributed by atoms with Crippen LogP contribution in [-0.4, -0.2) is 59.9 Å². The highest BCUT2D eigenvalue weighted by molar-refractivity contribution is 7.98. The van der Waals surface area contributed by atoms with Crippen LogP contribution in [0.25, 0.3) is 0 Å². The molecule has 1 fully saturated rings. The van der Waals surface area contributed by atoms with Crippen LogP contribution in [0.2, 0.25) is 0 Å². The fourth-order valence-electron chi connectivity index (χ4n) is 1.60. The summed E-state index contributed by atoms with van der Waals surface area (Å²) in [6.45, 7) is 0.887. The van der Waals surface area contributed by atoms with Crippen LogP contribution in [-0.2, 0) is 9.59 Å². The van der Waals surface area contributed by atoms with E-state index in [1.165, 1.54) is 0 Å². The fourth-order valence-corrected chi connectivity index (χ4v) is 2.47. The van der Waals surface area contributed by atoms with Crippen LogP contribution in [0.4, 0.5) is 0 Å². The molecule has 2 amide bonds. The lowest BCUT2D eigenvalue weighted by molar-refractivity contribution is -0.144. The van der Waals surface area contributed by atoms with Crippen LogP contribution in [0.1, 0.15) is 6.42 Å². The minimum Gasteiger partial charge on any atom is -0.343 e. The maximum Gasteiger partial charge on any atom is 0.245 e. The highest BCUT2D eigenvalue weighted by Gasteiger charge is 2.31. The molecule has 4 nitrogen and oxygen atoms in total. The summed E-state index contributed by atoms with van der Waals surface area (Å²) in [5.41, 5.74) is 0. The number of hydrogen-bond acceptors (Lipinski definition) is 4. The Labute approximate surface area is 105 Å². The van der Waals surface area contributed by atoms with E-state index < -0.39 is 0 Å². The molecule has 92 valence electrons. The predicted molar refractivity (Wildman–Crippen MR) is 69.9 cm³/mol. The summed E-state index contributed by atoms with van der Waals surface area (Å²) in [6.07, 6.45) is 4.72. The van der Waals surface area contributed by atoms with Crippen LogP contribution in [0.5, 0.6) is 0 Å². The van der Waals surface area contributed by atoms with Gasteiger partial charge in [-0.25, -0.2) is 0 Å². The summed E-state index contributed by atoms with van der Waals surface area (Å²) in [5, 5.41) is 2.76. The first kappa shape index (κ1) is 13.7. The second-order valence-corrected chi connectivity index (χ2v) is 5.63. The number of piperazine rings is 1. The average molecular weight is 262 g/mol. The summed E-state index contributed by atoms with van der Waals surface area (Å²) >= 11 is 3.38. The van der Waals surface area contributed by atoms with E-state index in [4.69, 9.17) is 0 Å². The summed E-state index contributed by atoms with van der Waals surface area (Å²) in [4.78, 5) is 25.1. The molecule has 6 heteroatoms. The summed E-state index contributed by atoms with van der Waals surface area (Å²) < 4.78 is 0. The van der Waals surface area contributed by atoms with E-state index in [9.17, 15) is 9.59 Å². The molecule has 1 aliphatic heterocycles. The van der Waals surface area contributed by atoms with Gasteiger partial charge in [0.1, 0.15) is 6.04 Å². The minimum absolute atomic E-state index is 0.0354. The molecule has 1 rings (SSSR count). The number of hydrogen-bond donors (Lipinski definition) is 1. The highest BCUT2D eigenvalue weighted by Crippen LogP contribution is 2.09. The summed E-state index contributed by atoms with van der Waals surface area (Å²) in [6, 6.07) is -0.310. The molecule has 0 saturated carbocycles. The Balaban J connectivity index is 2.51. The lowest BCUT2D eigenvalue weighted by Crippen LogP contribution is -2.58. The first-order valence-corrected chi connectivity index (χ1v) is 8.04. The number of thioether (sulfide) groups is 2. The van der Waals surface area contributed by atoms with E-state index in [1.54, 1.807) is 28.4 Å². The minimum atomic E-state index is -0.310. The van der Waals surface area contributed by atoms with Crippen molar-refractivity contribution in [2.24, 2.45) is 0 Å². The van der Waals surface area contributed by atoms with E-state index >= 15 is 0 Å². The van der Waals surface area contributed by atoms with Crippen molar-refractivity contribution in [2.45, 2.75) is 12.5 Å². The molecular formula is C10H18N2O2S2. The summed E-state index contributed by atoms with van der Waals surface area (Å²) in [5.74, 6) is 1.82. The van der Waals surface area contributed by atoms with Crippen molar-refractivity contribution < 1.29 is 9.59 Å². The molecule has 0 unspecified atom stereocenters. The molecule has 0 aromatic rings. The highest BCUT2D eigenvalue weighted by atomic mass is 32.2. The Hall–Kier alpha value is -0.360. The first-order valence-electron chi connectivity index (χ1n) is 5.25. The van der Waals surface area contributed by atoms with Crippen LogP contribution < -0.4 is 5.32 Å². The van der Waals surface area contributed by atoms with Crippen LogP contribution in [0.3, 0.4) is 0 Å². The second kappa shape index (κ2) is 7.06. The SMILES string of the molecule is CSCC[C@H]1NC(=O)CN(CCSC)C1=O. The molecular weight excluding hydrogens is 244 g/mol. The monoisotopic (exact) mass is 262 g/mol. The van der Waals surface area contributed by atoms with Crippen molar-refractivity contribution in [1.82, 2.24) is 10.2 Å². The molecule has 1 N–H and O–H groups in total. The van der Waals surface area contributed by atoms with Gasteiger partial charge in [-0.1, -0.05) is 0 Å². The van der Waals surface area contributed by atoms with Gasteiger partial charge in [-0.15, -0.1) is 0 Å². The largest absolute Gasteiger partial charge is 0.343 e. The van der Waals surface area contributed by atoms with E-state index in [1.807, 2.05) is 12.5 Å². The Bertz CT molecular complexity index is 239. The Morgan fingerprint density at radius 1 is 1.31 bits per heavy atom. The number of nitrogens with zero attached hydrogens (tertiary/aromatic N) is 1. The molecule has 0 aromatic heterocycles. The van der Waals surface area contributed by atoms with Crippen molar-refractivity contribution in [3.05, 3.63) is 0 Å². The molecule has 1 heterocycles. The van der Waals surface area contributed by atoms with Gasteiger partial charge in [0.2, 0.25) is 11.8 Å². The van der Waals surface area contributed by atoms with Gasteiger partial charge in [0.05, 0.1) is 6.54 Å². The van der Waals surface area contributed by atoms with Gasteiger partial charge in [-0.2, -0.15) is 23.5 Å². The molecule has 0 bridgehead atoms. The third kappa shape index (κ3) is 3.90. The van der Waals surface area contributed by atoms with Gasteiger partial charge < -0.3 is 10.2 Å². The van der Waals surface area contributed by atoms with Gasteiger partial charge >= 0.3 is 0 Å². The molecule has 0 radical (unpaired) electrons. The van der Waals surface area contributed by atoms with Crippen LogP contribution in [0.15, 0.2) is 0 Å². The maximum atomic E-state index is 12.0. The van der Waals surface area contributed by atoms with Crippen molar-refractivity contribution in [3.63, 3.8) is 0 Å². The fraction of sp³-hybridized carbons (Fsp3) is 0.800. The number of nitrogens with one attached hydrogen (secondary N) is 1. The van der Waals surface area contributed by atoms with Crippen molar-refractivity contribution in [2.75, 3.05) is 37.1 Å². The predicted octanol–water partition coefficient (Wildman–Crippen LogP) is 0.429. The zero-order valence-electron chi connectivity index (χ0n) is 9.69. The summed E-state index contributed by atoms with van der Waals surface area (Å²) in [7, 11) is 0. The van der Waals surface area contributed by atoms with Crippen LogP contribution in [0, 0.1) is 0 Å². The third-order valence-electron chi connectivity index (χ3n) is 2.46. The van der Waals surface area contributed by atoms with Gasteiger partial charge in [0.25, 0.3) is 0 Å². The van der Waals surface area contributed by atoms with Crippen molar-refractivity contribution >= 4 is 35.3 Å². The van der Waals surface area contributed by atoms with Gasteiger partial charge in [0, 0.05) is 12.3 Å². The lowest BCUT2D eigenvalue weighted by Gasteiger charge is -2.32. The molecule has 1 aliphatic rings. The Morgan fingerprint density at radius 3 is 2.62 bits per heavy atom. The molecule has 0 spiro atoms. The average Bonchev–Trinajstić information content (AvgIpc) is 2.28. The second-order valence-electron chi connectivity index (χ2n) is 3.65. The van der Waals surface area contributed by atoms with E-state index in [0.29, 0.717) is 6.54 Å². The number of amides is 2. The zero-order valence-corrected chi connectivity index (χ0v) is 11.3. The molecule has 0 aromatic carbocycles. The molecule has 1 atom stereocenters. The third-order valence-corrected chi connectivity index (χ3v) is 3.69. The number of carbonyl (C=O) groups excluding carboxylic acids is 2. The smallest absolute Gasteiger partial charge is 0.245 e. The standard InChI is InChI=1S/C10H18N2O2S2/c1-15-5-3-8-10(14)12(4-6-16-2)7-9(13)11-8/h8H,3-7H2,1-2H3,(H,11,13)/t8-/m1/s1. The normalized spacial score (nSPS) is 21.1. The number of carbonyl (C=O) groups is 2. The number of rotatable bonds is 6. The first-order chi connectivity index (χ1) is 7.69. The topological polar surface area (TPSA) is 49.4 Å². The van der Waals surface area contributed by atoms with E-state index in [0.717, 1.165) is 17.9 Å². The quantitative estimate of drug-likeness (QED) is 0.754. The van der Waals surface area contributed by atoms with E-state index in [2.05, 4.69) is 5.32 Å². The van der Waals surface area contributed by atoms with Crippen molar-refractivity contribution in [1.29, 1.82) is 0 Å². The van der Waals surface area contributed by atoms with Crippen molar-refractivity contribution in [3.8, 4) is 0 Å². The van der Waals surface area contributed by atoms with E-state index in [-0.39, 0.29) is 24.4 Å². The molecule has 16 heavy (non-hydrogen) atoms. The van der Waals surface area contributed by atoms with Gasteiger partial charge in [-0.05, 0) is 24.7 Å². The van der Waals surface area contributed by atoms with Crippen LogP contribution >= 0.6 is 23.5 Å². The Kier molecular flexibility index (Phi) is 6.05. The lowest BCUT2D eigenvalue weighted by atomic mass is 10.1. The molecule has 1 saturated heterocycles.